The molecular formula is C9H8BrNO. The van der Waals surface area contributed by atoms with Crippen LogP contribution in [-0.2, 0) is 0 Å². The van der Waals surface area contributed by atoms with Gasteiger partial charge in [-0.15, -0.1) is 0 Å². The molecule has 3 heteroatoms. The van der Waals surface area contributed by atoms with Crippen LogP contribution in [0.15, 0.2) is 30.3 Å². The number of benzene rings is 1. The van der Waals surface area contributed by atoms with Crippen LogP contribution in [0, 0.1) is 0 Å². The molecule has 0 aliphatic heterocycles. The van der Waals surface area contributed by atoms with E-state index < -0.39 is 0 Å². The Morgan fingerprint density at radius 2 is 2.17 bits per heavy atom. The number of H-pyrrole nitrogens is 1. The van der Waals surface area contributed by atoms with Crippen molar-refractivity contribution in [2.75, 3.05) is 5.52 Å². The van der Waals surface area contributed by atoms with Crippen LogP contribution in [0.5, 0.6) is 5.88 Å². The van der Waals surface area contributed by atoms with E-state index in [1.54, 1.807) is 0 Å². The van der Waals surface area contributed by atoms with Crippen LogP contribution in [0.25, 0.3) is 10.9 Å². The minimum Gasteiger partial charge on any atom is -0.467 e. The number of ether oxygens (including phenoxy) is 1. The Hall–Kier alpha value is -0.960. The second-order valence-corrected chi connectivity index (χ2v) is 2.93. The molecule has 0 saturated carbocycles. The van der Waals surface area contributed by atoms with Gasteiger partial charge in [-0.1, -0.05) is 18.2 Å². The molecule has 1 heterocycles. The molecule has 1 N–H and O–H groups in total. The quantitative estimate of drug-likeness (QED) is 0.782. The molecule has 0 aliphatic rings. The molecule has 0 saturated heterocycles. The Morgan fingerprint density at radius 1 is 1.33 bits per heavy atom. The first-order valence-electron chi connectivity index (χ1n) is 3.66. The van der Waals surface area contributed by atoms with E-state index in [1.165, 1.54) is 5.39 Å². The zero-order valence-corrected chi connectivity index (χ0v) is 7.97. The fraction of sp³-hybridized carbons (Fsp3) is 0.111. The normalized spacial score (nSPS) is 10.4. The van der Waals surface area contributed by atoms with Crippen molar-refractivity contribution in [3.05, 3.63) is 30.3 Å². The van der Waals surface area contributed by atoms with Crippen LogP contribution >= 0.6 is 15.9 Å². The molecule has 1 aromatic heterocycles. The van der Waals surface area contributed by atoms with Crippen molar-refractivity contribution in [3.8, 4) is 5.88 Å². The molecule has 0 fully saturated rings. The average molecular weight is 226 g/mol. The molecule has 0 atom stereocenters. The van der Waals surface area contributed by atoms with Gasteiger partial charge in [-0.2, -0.15) is 0 Å². The lowest BCUT2D eigenvalue weighted by molar-refractivity contribution is 0.385. The van der Waals surface area contributed by atoms with Gasteiger partial charge in [0.2, 0.25) is 0 Å². The summed E-state index contributed by atoms with van der Waals surface area (Å²) in [5.74, 6) is 0.799. The first-order valence-corrected chi connectivity index (χ1v) is 4.79. The lowest BCUT2D eigenvalue weighted by Gasteiger charge is -1.93. The van der Waals surface area contributed by atoms with E-state index in [9.17, 15) is 0 Å². The fourth-order valence-corrected chi connectivity index (χ4v) is 1.43. The van der Waals surface area contributed by atoms with Gasteiger partial charge in [-0.3, -0.25) is 0 Å². The Labute approximate surface area is 78.7 Å². The minimum atomic E-state index is 0.514. The van der Waals surface area contributed by atoms with Gasteiger partial charge >= 0.3 is 0 Å². The summed E-state index contributed by atoms with van der Waals surface area (Å²) in [7, 11) is 0. The zero-order valence-electron chi connectivity index (χ0n) is 6.38. The van der Waals surface area contributed by atoms with Crippen molar-refractivity contribution in [2.45, 2.75) is 0 Å². The second kappa shape index (κ2) is 3.19. The number of hydrogen-bond acceptors (Lipinski definition) is 1. The number of alkyl halides is 1. The molecule has 0 radical (unpaired) electrons. The van der Waals surface area contributed by atoms with Crippen LogP contribution in [0.2, 0.25) is 0 Å². The molecule has 0 spiro atoms. The van der Waals surface area contributed by atoms with Crippen LogP contribution in [-0.4, -0.2) is 10.5 Å². The molecule has 1 aromatic carbocycles. The summed E-state index contributed by atoms with van der Waals surface area (Å²) in [6.45, 7) is 0. The molecule has 12 heavy (non-hydrogen) atoms. The summed E-state index contributed by atoms with van der Waals surface area (Å²) < 4.78 is 5.25. The largest absolute Gasteiger partial charge is 0.467 e. The monoisotopic (exact) mass is 225 g/mol. The van der Waals surface area contributed by atoms with Crippen LogP contribution < -0.4 is 4.74 Å². The number of nitrogens with one attached hydrogen (secondary N) is 1. The highest BCUT2D eigenvalue weighted by atomic mass is 79.9. The number of rotatable bonds is 2. The van der Waals surface area contributed by atoms with E-state index in [0.717, 1.165) is 11.4 Å². The predicted molar refractivity (Wildman–Crippen MR) is 52.7 cm³/mol. The summed E-state index contributed by atoms with van der Waals surface area (Å²) in [5, 5.41) is 1.17. The molecule has 2 rings (SSSR count). The topological polar surface area (TPSA) is 25.0 Å². The molecule has 0 amide bonds. The number of hydrogen-bond donors (Lipinski definition) is 1. The van der Waals surface area contributed by atoms with Gasteiger partial charge in [0.15, 0.2) is 5.88 Å². The minimum absolute atomic E-state index is 0.514. The summed E-state index contributed by atoms with van der Waals surface area (Å²) in [5.41, 5.74) is 1.62. The molecule has 2 aromatic rings. The third-order valence-electron chi connectivity index (χ3n) is 1.72. The SMILES string of the molecule is BrCOc1cc2ccccc2[nH]1. The lowest BCUT2D eigenvalue weighted by atomic mass is 10.3. The Kier molecular flexibility index (Phi) is 2.04. The van der Waals surface area contributed by atoms with Crippen LogP contribution in [0.1, 0.15) is 0 Å². The van der Waals surface area contributed by atoms with Crippen molar-refractivity contribution in [2.24, 2.45) is 0 Å². The van der Waals surface area contributed by atoms with Gasteiger partial charge in [0.1, 0.15) is 5.52 Å². The van der Waals surface area contributed by atoms with Crippen LogP contribution in [0.3, 0.4) is 0 Å². The smallest absolute Gasteiger partial charge is 0.192 e. The maximum absolute atomic E-state index is 5.25. The standard InChI is InChI=1S/C9H8BrNO/c10-6-12-9-5-7-3-1-2-4-8(7)11-9/h1-5,11H,6H2. The molecular weight excluding hydrogens is 218 g/mol. The number of aromatic amines is 1. The highest BCUT2D eigenvalue weighted by Crippen LogP contribution is 2.19. The third-order valence-corrected chi connectivity index (χ3v) is 1.94. The van der Waals surface area contributed by atoms with Gasteiger partial charge < -0.3 is 9.72 Å². The number of para-hydroxylation sites is 1. The molecule has 0 aliphatic carbocycles. The van der Waals surface area contributed by atoms with Gasteiger partial charge in [-0.25, -0.2) is 0 Å². The number of halogens is 1. The maximum Gasteiger partial charge on any atom is 0.192 e. The summed E-state index contributed by atoms with van der Waals surface area (Å²) in [6, 6.07) is 10.1. The predicted octanol–water partition coefficient (Wildman–Crippen LogP) is 2.90. The second-order valence-electron chi connectivity index (χ2n) is 2.47. The van der Waals surface area contributed by atoms with Crippen molar-refractivity contribution < 1.29 is 4.74 Å². The van der Waals surface area contributed by atoms with Crippen molar-refractivity contribution in [1.29, 1.82) is 0 Å². The van der Waals surface area contributed by atoms with E-state index >= 15 is 0 Å². The molecule has 62 valence electrons. The van der Waals surface area contributed by atoms with Gasteiger partial charge in [0.05, 0.1) is 0 Å². The van der Waals surface area contributed by atoms with Gasteiger partial charge in [0, 0.05) is 17.0 Å². The summed E-state index contributed by atoms with van der Waals surface area (Å²) in [4.78, 5) is 3.14. The van der Waals surface area contributed by atoms with Gasteiger partial charge in [0.25, 0.3) is 0 Å². The average Bonchev–Trinajstić information content (AvgIpc) is 2.47. The molecule has 2 nitrogen and oxygen atoms in total. The van der Waals surface area contributed by atoms with Crippen LogP contribution in [0.4, 0.5) is 0 Å². The fourth-order valence-electron chi connectivity index (χ4n) is 1.18. The summed E-state index contributed by atoms with van der Waals surface area (Å²) in [6.07, 6.45) is 0. The lowest BCUT2D eigenvalue weighted by Crippen LogP contribution is -1.86. The maximum atomic E-state index is 5.25. The van der Waals surface area contributed by atoms with Crippen molar-refractivity contribution in [3.63, 3.8) is 0 Å². The highest BCUT2D eigenvalue weighted by molar-refractivity contribution is 9.09. The first-order chi connectivity index (χ1) is 5.90. The summed E-state index contributed by atoms with van der Waals surface area (Å²) >= 11 is 3.20. The van der Waals surface area contributed by atoms with Gasteiger partial charge in [-0.05, 0) is 22.0 Å². The van der Waals surface area contributed by atoms with E-state index in [4.69, 9.17) is 4.74 Å². The first kappa shape index (κ1) is 7.68. The molecule has 0 bridgehead atoms. The molecule has 0 unspecified atom stereocenters. The Bertz CT molecular complexity index is 350. The Balaban J connectivity index is 2.47. The number of fused-ring (bicyclic) bond motifs is 1. The van der Waals surface area contributed by atoms with E-state index in [-0.39, 0.29) is 0 Å². The number of aromatic nitrogens is 1. The highest BCUT2D eigenvalue weighted by Gasteiger charge is 1.98. The van der Waals surface area contributed by atoms with E-state index in [1.807, 2.05) is 30.3 Å². The zero-order chi connectivity index (χ0) is 8.39. The third kappa shape index (κ3) is 1.32. The Morgan fingerprint density at radius 3 is 2.92 bits per heavy atom. The van der Waals surface area contributed by atoms with Crippen molar-refractivity contribution >= 4 is 26.8 Å². The van der Waals surface area contributed by atoms with E-state index in [2.05, 4.69) is 20.9 Å². The van der Waals surface area contributed by atoms with Crippen molar-refractivity contribution in [1.82, 2.24) is 4.98 Å². The van der Waals surface area contributed by atoms with E-state index in [0.29, 0.717) is 5.52 Å².